The summed E-state index contributed by atoms with van der Waals surface area (Å²) in [4.78, 5) is 12.7. The van der Waals surface area contributed by atoms with Crippen molar-refractivity contribution < 1.29 is 19.7 Å². The second kappa shape index (κ2) is 8.67. The summed E-state index contributed by atoms with van der Waals surface area (Å²) < 4.78 is 5.98. The van der Waals surface area contributed by atoms with Gasteiger partial charge in [0.15, 0.2) is 0 Å². The third-order valence-electron chi connectivity index (χ3n) is 7.61. The molecule has 2 aliphatic rings. The zero-order valence-corrected chi connectivity index (χ0v) is 18.5. The molecule has 0 aliphatic heterocycles. The van der Waals surface area contributed by atoms with Gasteiger partial charge >= 0.3 is 5.97 Å². The molecule has 0 saturated heterocycles. The first-order valence-corrected chi connectivity index (χ1v) is 11.3. The van der Waals surface area contributed by atoms with E-state index in [2.05, 4.69) is 13.8 Å². The smallest absolute Gasteiger partial charge is 0.338 e. The molecule has 0 unspecified atom stereocenters. The van der Waals surface area contributed by atoms with Crippen LogP contribution in [-0.2, 0) is 4.74 Å². The first-order chi connectivity index (χ1) is 13.6. The highest BCUT2D eigenvalue weighted by Gasteiger charge is 2.53. The number of carbonyl (C=O) groups excluding carboxylic acids is 1. The molecule has 4 nitrogen and oxygen atoms in total. The van der Waals surface area contributed by atoms with Gasteiger partial charge in [0.25, 0.3) is 0 Å². The highest BCUT2D eigenvalue weighted by molar-refractivity contribution is 5.89. The van der Waals surface area contributed by atoms with Crippen LogP contribution in [0.15, 0.2) is 24.3 Å². The van der Waals surface area contributed by atoms with Crippen LogP contribution in [0.1, 0.15) is 89.4 Å². The summed E-state index contributed by atoms with van der Waals surface area (Å²) in [5.74, 6) is 1.45. The van der Waals surface area contributed by atoms with Crippen LogP contribution >= 0.6 is 0 Å². The predicted molar refractivity (Wildman–Crippen MR) is 115 cm³/mol. The minimum absolute atomic E-state index is 0.0304. The van der Waals surface area contributed by atoms with Crippen LogP contribution in [0, 0.1) is 23.2 Å². The first kappa shape index (κ1) is 22.1. The van der Waals surface area contributed by atoms with E-state index < -0.39 is 5.60 Å². The van der Waals surface area contributed by atoms with Crippen LogP contribution in [0.5, 0.6) is 5.75 Å². The van der Waals surface area contributed by atoms with E-state index in [1.165, 1.54) is 18.9 Å². The van der Waals surface area contributed by atoms with Gasteiger partial charge in [-0.3, -0.25) is 0 Å². The van der Waals surface area contributed by atoms with Crippen molar-refractivity contribution in [3.63, 3.8) is 0 Å². The average Bonchev–Trinajstić information content (AvgIpc) is 2.98. The fourth-order valence-electron chi connectivity index (χ4n) is 6.13. The van der Waals surface area contributed by atoms with Gasteiger partial charge in [0.05, 0.1) is 11.2 Å². The Kier molecular flexibility index (Phi) is 6.62. The fourth-order valence-corrected chi connectivity index (χ4v) is 6.13. The van der Waals surface area contributed by atoms with E-state index in [0.717, 1.165) is 38.5 Å². The second-order valence-electron chi connectivity index (χ2n) is 10.4. The lowest BCUT2D eigenvalue weighted by Crippen LogP contribution is -2.43. The lowest BCUT2D eigenvalue weighted by Gasteiger charge is -2.46. The van der Waals surface area contributed by atoms with Crippen LogP contribution < -0.4 is 0 Å². The van der Waals surface area contributed by atoms with Crippen LogP contribution in [-0.4, -0.2) is 27.9 Å². The molecule has 2 saturated carbocycles. The van der Waals surface area contributed by atoms with E-state index in [-0.39, 0.29) is 23.2 Å². The Morgan fingerprint density at radius 1 is 1.31 bits per heavy atom. The molecule has 2 aliphatic carbocycles. The van der Waals surface area contributed by atoms with E-state index in [0.29, 0.717) is 23.3 Å². The van der Waals surface area contributed by atoms with Gasteiger partial charge in [-0.05, 0) is 87.8 Å². The monoisotopic (exact) mass is 402 g/mol. The Hall–Kier alpha value is -1.55. The molecule has 2 N–H and O–H groups in total. The molecule has 0 heterocycles. The van der Waals surface area contributed by atoms with Crippen molar-refractivity contribution in [2.24, 2.45) is 23.2 Å². The molecule has 0 amide bonds. The summed E-state index contributed by atoms with van der Waals surface area (Å²) in [7, 11) is 0. The van der Waals surface area contributed by atoms with Crippen LogP contribution in [0.2, 0.25) is 0 Å². The number of aliphatic hydroxyl groups is 1. The molecule has 0 bridgehead atoms. The molecule has 1 aromatic carbocycles. The molecule has 0 radical (unpaired) electrons. The summed E-state index contributed by atoms with van der Waals surface area (Å²) in [5.41, 5.74) is 0.0559. The number of carbonyl (C=O) groups is 1. The molecule has 2 fully saturated rings. The summed E-state index contributed by atoms with van der Waals surface area (Å²) in [6.45, 7) is 8.55. The maximum absolute atomic E-state index is 12.7. The van der Waals surface area contributed by atoms with Crippen molar-refractivity contribution in [3.8, 4) is 5.75 Å². The Bertz CT molecular complexity index is 707. The van der Waals surface area contributed by atoms with Gasteiger partial charge in [-0.25, -0.2) is 4.79 Å². The summed E-state index contributed by atoms with van der Waals surface area (Å²) in [6, 6.07) is 6.42. The Balaban J connectivity index is 1.64. The minimum atomic E-state index is -0.585. The number of phenols is 1. The highest BCUT2D eigenvalue weighted by atomic mass is 16.5. The average molecular weight is 403 g/mol. The minimum Gasteiger partial charge on any atom is -0.508 e. The molecule has 162 valence electrons. The van der Waals surface area contributed by atoms with Crippen molar-refractivity contribution in [3.05, 3.63) is 29.8 Å². The van der Waals surface area contributed by atoms with Gasteiger partial charge in [0.1, 0.15) is 11.9 Å². The number of esters is 1. The number of aromatic hydroxyl groups is 1. The van der Waals surface area contributed by atoms with E-state index in [1.807, 2.05) is 13.8 Å². The number of benzene rings is 1. The Morgan fingerprint density at radius 3 is 2.76 bits per heavy atom. The third kappa shape index (κ3) is 5.14. The van der Waals surface area contributed by atoms with Crippen molar-refractivity contribution in [1.82, 2.24) is 0 Å². The second-order valence-corrected chi connectivity index (χ2v) is 10.4. The zero-order chi connectivity index (χ0) is 21.2. The summed E-state index contributed by atoms with van der Waals surface area (Å²) in [5, 5.41) is 19.7. The lowest BCUT2D eigenvalue weighted by atomic mass is 9.61. The molecule has 29 heavy (non-hydrogen) atoms. The Labute approximate surface area is 175 Å². The molecule has 1 aromatic rings. The van der Waals surface area contributed by atoms with Gasteiger partial charge in [-0.15, -0.1) is 0 Å². The van der Waals surface area contributed by atoms with E-state index in [1.54, 1.807) is 18.2 Å². The quantitative estimate of drug-likeness (QED) is 0.573. The number of hydrogen-bond acceptors (Lipinski definition) is 4. The number of ether oxygens (including phenoxy) is 1. The van der Waals surface area contributed by atoms with Crippen molar-refractivity contribution >= 4 is 5.97 Å². The third-order valence-corrected chi connectivity index (χ3v) is 7.61. The van der Waals surface area contributed by atoms with Crippen LogP contribution in [0.25, 0.3) is 0 Å². The van der Waals surface area contributed by atoms with Crippen molar-refractivity contribution in [1.29, 1.82) is 0 Å². The van der Waals surface area contributed by atoms with E-state index in [4.69, 9.17) is 4.74 Å². The zero-order valence-electron chi connectivity index (χ0n) is 18.5. The van der Waals surface area contributed by atoms with Crippen LogP contribution in [0.4, 0.5) is 0 Å². The maximum Gasteiger partial charge on any atom is 0.338 e. The Morgan fingerprint density at radius 2 is 2.07 bits per heavy atom. The topological polar surface area (TPSA) is 66.8 Å². The number of fused-ring (bicyclic) bond motifs is 1. The molecular formula is C25H38O4. The van der Waals surface area contributed by atoms with E-state index in [9.17, 15) is 15.0 Å². The molecule has 3 rings (SSSR count). The first-order valence-electron chi connectivity index (χ1n) is 11.3. The number of rotatable bonds is 7. The van der Waals surface area contributed by atoms with Crippen LogP contribution in [0.3, 0.4) is 0 Å². The standard InChI is InChI=1S/C25H38O4/c1-17(8-6-14-24(2,3)28)20-12-13-21-22(11-7-15-25(20,21)4)29-23(27)18-9-5-10-19(26)16-18/h5,9-10,16-17,20-22,26,28H,6-8,11-15H2,1-4H3/t17-,20-,21+,22+,25-/m1/s1. The SMILES string of the molecule is C[C@H](CCCC(C)(C)O)[C@H]1CC[C@H]2[C@@H](OC(=O)c3cccc(O)c3)CCC[C@]12C. The molecule has 0 aromatic heterocycles. The van der Waals surface area contributed by atoms with Crippen molar-refractivity contribution in [2.45, 2.75) is 90.8 Å². The van der Waals surface area contributed by atoms with Gasteiger partial charge < -0.3 is 14.9 Å². The highest BCUT2D eigenvalue weighted by Crippen LogP contribution is 2.59. The molecule has 4 heteroatoms. The van der Waals surface area contributed by atoms with Gasteiger partial charge in [-0.2, -0.15) is 0 Å². The van der Waals surface area contributed by atoms with Gasteiger partial charge in [-0.1, -0.05) is 32.8 Å². The predicted octanol–water partition coefficient (Wildman–Crippen LogP) is 5.71. The summed E-state index contributed by atoms with van der Waals surface area (Å²) in [6.07, 6.45) is 8.56. The molecule has 0 spiro atoms. The summed E-state index contributed by atoms with van der Waals surface area (Å²) >= 11 is 0. The normalized spacial score (nSPS) is 30.6. The fraction of sp³-hybridized carbons (Fsp3) is 0.720. The van der Waals surface area contributed by atoms with Crippen molar-refractivity contribution in [2.75, 3.05) is 0 Å². The molecular weight excluding hydrogens is 364 g/mol. The lowest BCUT2D eigenvalue weighted by molar-refractivity contribution is -0.0475. The largest absolute Gasteiger partial charge is 0.508 e. The number of hydrogen-bond donors (Lipinski definition) is 2. The number of phenolic OH excluding ortho intramolecular Hbond substituents is 1. The van der Waals surface area contributed by atoms with E-state index >= 15 is 0 Å². The van der Waals surface area contributed by atoms with Gasteiger partial charge in [0.2, 0.25) is 0 Å². The molecule has 5 atom stereocenters. The van der Waals surface area contributed by atoms with Gasteiger partial charge in [0, 0.05) is 5.92 Å². The maximum atomic E-state index is 12.7.